The molecule has 4 unspecified atom stereocenters. The Hall–Kier alpha value is -1.80. The second-order valence-corrected chi connectivity index (χ2v) is 7.84. The Morgan fingerprint density at radius 1 is 0.750 bits per heavy atom. The van der Waals surface area contributed by atoms with E-state index in [4.69, 9.17) is 23.7 Å². The number of fused-ring (bicyclic) bond motifs is 3. The van der Waals surface area contributed by atoms with Crippen molar-refractivity contribution in [3.8, 4) is 0 Å². The molecule has 6 nitrogen and oxygen atoms in total. The van der Waals surface area contributed by atoms with Crippen LogP contribution < -0.4 is 0 Å². The summed E-state index contributed by atoms with van der Waals surface area (Å²) < 4.78 is 31.1. The molecule has 3 saturated heterocycles. The first-order chi connectivity index (χ1) is 13.5. The molecule has 0 bridgehead atoms. The lowest BCUT2D eigenvalue weighted by Crippen LogP contribution is -2.58. The fourth-order valence-electron chi connectivity index (χ4n) is 4.33. The molecule has 148 valence electrons. The topological polar surface area (TPSA) is 66.4 Å². The fourth-order valence-corrected chi connectivity index (χ4v) is 4.33. The predicted molar refractivity (Wildman–Crippen MR) is 99.2 cm³/mol. The van der Waals surface area contributed by atoms with Gasteiger partial charge in [0.2, 0.25) is 5.79 Å². The number of aliphatic hydroxyl groups is 1. The molecule has 3 aliphatic rings. The molecule has 3 aliphatic heterocycles. The van der Waals surface area contributed by atoms with Crippen molar-refractivity contribution in [2.45, 2.75) is 56.1 Å². The molecule has 0 aromatic heterocycles. The van der Waals surface area contributed by atoms with Crippen molar-refractivity contribution < 1.29 is 28.8 Å². The van der Waals surface area contributed by atoms with E-state index in [-0.39, 0.29) is 6.61 Å². The Balaban J connectivity index is 1.60. The van der Waals surface area contributed by atoms with E-state index in [9.17, 15) is 5.11 Å². The highest BCUT2D eigenvalue weighted by Gasteiger charge is 2.63. The molecule has 0 spiro atoms. The maximum absolute atomic E-state index is 10.1. The Labute approximate surface area is 163 Å². The van der Waals surface area contributed by atoms with Crippen LogP contribution in [-0.4, -0.2) is 48.2 Å². The molecule has 6 heteroatoms. The summed E-state index contributed by atoms with van der Waals surface area (Å²) in [4.78, 5) is 0. The summed E-state index contributed by atoms with van der Waals surface area (Å²) >= 11 is 0. The first-order valence-corrected chi connectivity index (χ1v) is 9.61. The monoisotopic (exact) mass is 384 g/mol. The van der Waals surface area contributed by atoms with E-state index in [1.54, 1.807) is 0 Å². The molecule has 3 heterocycles. The third-order valence-electron chi connectivity index (χ3n) is 5.50. The Kier molecular flexibility index (Phi) is 4.32. The van der Waals surface area contributed by atoms with Crippen molar-refractivity contribution >= 4 is 0 Å². The number of hydrogen-bond acceptors (Lipinski definition) is 6. The SMILES string of the molecule is CC1(C)OC2OC3C(OC(c4ccccc4)(c4ccccc4)O[C@@H]3CO)C2O1. The van der Waals surface area contributed by atoms with Crippen molar-refractivity contribution in [2.24, 2.45) is 0 Å². The zero-order chi connectivity index (χ0) is 19.4. The number of benzene rings is 2. The molecule has 28 heavy (non-hydrogen) atoms. The summed E-state index contributed by atoms with van der Waals surface area (Å²) in [7, 11) is 0. The van der Waals surface area contributed by atoms with Gasteiger partial charge in [-0.3, -0.25) is 0 Å². The minimum atomic E-state index is -1.18. The van der Waals surface area contributed by atoms with Crippen LogP contribution in [0.25, 0.3) is 0 Å². The molecule has 0 aliphatic carbocycles. The average Bonchev–Trinajstić information content (AvgIpc) is 3.20. The molecule has 5 atom stereocenters. The van der Waals surface area contributed by atoms with Gasteiger partial charge in [-0.1, -0.05) is 60.7 Å². The number of hydrogen-bond donors (Lipinski definition) is 1. The van der Waals surface area contributed by atoms with Crippen molar-refractivity contribution in [2.75, 3.05) is 6.61 Å². The zero-order valence-electron chi connectivity index (χ0n) is 15.9. The molecule has 0 saturated carbocycles. The van der Waals surface area contributed by atoms with Gasteiger partial charge in [0.15, 0.2) is 12.1 Å². The molecular weight excluding hydrogens is 360 g/mol. The van der Waals surface area contributed by atoms with E-state index in [0.29, 0.717) is 0 Å². The lowest BCUT2D eigenvalue weighted by atomic mass is 9.93. The number of ether oxygens (including phenoxy) is 5. The second-order valence-electron chi connectivity index (χ2n) is 7.84. The van der Waals surface area contributed by atoms with Crippen molar-refractivity contribution in [3.05, 3.63) is 71.8 Å². The van der Waals surface area contributed by atoms with E-state index in [1.165, 1.54) is 0 Å². The summed E-state index contributed by atoms with van der Waals surface area (Å²) in [6.45, 7) is 3.51. The van der Waals surface area contributed by atoms with Gasteiger partial charge in [-0.2, -0.15) is 0 Å². The maximum Gasteiger partial charge on any atom is 0.223 e. The molecule has 5 rings (SSSR count). The van der Waals surface area contributed by atoms with Crippen LogP contribution >= 0.6 is 0 Å². The van der Waals surface area contributed by atoms with Gasteiger partial charge in [0.1, 0.15) is 24.4 Å². The minimum absolute atomic E-state index is 0.200. The average molecular weight is 384 g/mol. The molecule has 1 N–H and O–H groups in total. The van der Waals surface area contributed by atoms with E-state index < -0.39 is 42.3 Å². The van der Waals surface area contributed by atoms with Crippen LogP contribution in [0, 0.1) is 0 Å². The quantitative estimate of drug-likeness (QED) is 0.877. The summed E-state index contributed by atoms with van der Waals surface area (Å²) in [5.41, 5.74) is 1.69. The van der Waals surface area contributed by atoms with E-state index in [0.717, 1.165) is 11.1 Å². The first-order valence-electron chi connectivity index (χ1n) is 9.61. The smallest absolute Gasteiger partial charge is 0.223 e. The number of aliphatic hydroxyl groups excluding tert-OH is 1. The minimum Gasteiger partial charge on any atom is -0.394 e. The van der Waals surface area contributed by atoms with Crippen molar-refractivity contribution in [1.82, 2.24) is 0 Å². The highest BCUT2D eigenvalue weighted by atomic mass is 16.9. The standard InChI is InChI=1S/C22H24O6/c1-21(2)26-19-18-17(24-20(19)28-21)16(13-23)25-22(27-18,14-9-5-3-6-10-14)15-11-7-4-8-12-15/h3-12,16-20,23H,13H2,1-2H3/t16-,17?,18?,19?,20?/m1/s1. The summed E-state index contributed by atoms with van der Waals surface area (Å²) in [5, 5.41) is 10.1. The molecule has 2 aromatic rings. The largest absolute Gasteiger partial charge is 0.394 e. The molecule has 3 fully saturated rings. The van der Waals surface area contributed by atoms with Gasteiger partial charge in [0, 0.05) is 11.1 Å². The first kappa shape index (κ1) is 18.2. The van der Waals surface area contributed by atoms with Crippen LogP contribution in [0.15, 0.2) is 60.7 Å². The van der Waals surface area contributed by atoms with Gasteiger partial charge in [-0.05, 0) is 13.8 Å². The second kappa shape index (κ2) is 6.62. The van der Waals surface area contributed by atoms with E-state index in [1.807, 2.05) is 74.5 Å². The predicted octanol–water partition coefficient (Wildman–Crippen LogP) is 2.54. The molecule has 0 amide bonds. The van der Waals surface area contributed by atoms with Crippen LogP contribution in [0.1, 0.15) is 25.0 Å². The number of rotatable bonds is 3. The molecule has 2 aromatic carbocycles. The van der Waals surface area contributed by atoms with E-state index >= 15 is 0 Å². The van der Waals surface area contributed by atoms with Gasteiger partial charge in [-0.15, -0.1) is 0 Å². The third-order valence-corrected chi connectivity index (χ3v) is 5.50. The normalized spacial score (nSPS) is 35.3. The van der Waals surface area contributed by atoms with E-state index in [2.05, 4.69) is 0 Å². The third kappa shape index (κ3) is 2.80. The van der Waals surface area contributed by atoms with Gasteiger partial charge in [0.05, 0.1) is 6.61 Å². The van der Waals surface area contributed by atoms with Gasteiger partial charge in [0.25, 0.3) is 0 Å². The summed E-state index contributed by atoms with van der Waals surface area (Å²) in [6.07, 6.45) is -2.45. The van der Waals surface area contributed by atoms with Gasteiger partial charge >= 0.3 is 0 Å². The molecule has 0 radical (unpaired) electrons. The highest BCUT2D eigenvalue weighted by molar-refractivity contribution is 5.35. The Bertz CT molecular complexity index is 784. The Morgan fingerprint density at radius 3 is 1.93 bits per heavy atom. The lowest BCUT2D eigenvalue weighted by molar-refractivity contribution is -0.351. The van der Waals surface area contributed by atoms with Crippen LogP contribution in [0.3, 0.4) is 0 Å². The van der Waals surface area contributed by atoms with Gasteiger partial charge in [-0.25, -0.2) is 0 Å². The van der Waals surface area contributed by atoms with Crippen LogP contribution in [0.4, 0.5) is 0 Å². The van der Waals surface area contributed by atoms with Crippen molar-refractivity contribution in [3.63, 3.8) is 0 Å². The highest BCUT2D eigenvalue weighted by Crippen LogP contribution is 2.49. The lowest BCUT2D eigenvalue weighted by Gasteiger charge is -2.47. The summed E-state index contributed by atoms with van der Waals surface area (Å²) in [5.74, 6) is -1.93. The van der Waals surface area contributed by atoms with Crippen molar-refractivity contribution in [1.29, 1.82) is 0 Å². The fraction of sp³-hybridized carbons (Fsp3) is 0.455. The van der Waals surface area contributed by atoms with Crippen LogP contribution in [-0.2, 0) is 29.5 Å². The Morgan fingerprint density at radius 2 is 1.36 bits per heavy atom. The zero-order valence-corrected chi connectivity index (χ0v) is 15.9. The van der Waals surface area contributed by atoms with Crippen LogP contribution in [0.2, 0.25) is 0 Å². The van der Waals surface area contributed by atoms with Gasteiger partial charge < -0.3 is 28.8 Å². The maximum atomic E-state index is 10.1. The summed E-state index contributed by atoms with van der Waals surface area (Å²) in [6, 6.07) is 19.5. The van der Waals surface area contributed by atoms with Crippen LogP contribution in [0.5, 0.6) is 0 Å². The molecular formula is C22H24O6.